The first kappa shape index (κ1) is 13.3. The van der Waals surface area contributed by atoms with Gasteiger partial charge in [-0.2, -0.15) is 11.3 Å². The van der Waals surface area contributed by atoms with Gasteiger partial charge in [0.05, 0.1) is 0 Å². The second-order valence-corrected chi connectivity index (χ2v) is 5.62. The summed E-state index contributed by atoms with van der Waals surface area (Å²) in [6, 6.07) is 3.99. The molecule has 0 bridgehead atoms. The molecule has 0 fully saturated rings. The maximum absolute atomic E-state index is 10.5. The Kier molecular flexibility index (Phi) is 3.90. The maximum atomic E-state index is 10.5. The summed E-state index contributed by atoms with van der Waals surface area (Å²) in [5.41, 5.74) is 1.20. The molecule has 98 valence electrons. The van der Waals surface area contributed by atoms with Crippen LogP contribution in [0.1, 0.15) is 29.6 Å². The Morgan fingerprint density at radius 1 is 1.44 bits per heavy atom. The van der Waals surface area contributed by atoms with Crippen LogP contribution >= 0.6 is 11.3 Å². The molecule has 0 saturated heterocycles. The summed E-state index contributed by atoms with van der Waals surface area (Å²) in [5, 5.41) is 17.9. The van der Waals surface area contributed by atoms with Crippen LogP contribution < -0.4 is 5.32 Å². The number of rotatable bonds is 5. The zero-order valence-electron chi connectivity index (χ0n) is 11.0. The van der Waals surface area contributed by atoms with Crippen molar-refractivity contribution in [3.8, 4) is 0 Å². The van der Waals surface area contributed by atoms with Crippen LogP contribution in [0, 0.1) is 13.8 Å². The number of thiophene rings is 1. The van der Waals surface area contributed by atoms with E-state index in [0.29, 0.717) is 6.54 Å². The van der Waals surface area contributed by atoms with Gasteiger partial charge in [-0.3, -0.25) is 0 Å². The van der Waals surface area contributed by atoms with E-state index in [4.69, 9.17) is 4.42 Å². The molecule has 1 unspecified atom stereocenters. The average molecular weight is 265 g/mol. The highest BCUT2D eigenvalue weighted by molar-refractivity contribution is 7.07. The minimum absolute atomic E-state index is 0.503. The summed E-state index contributed by atoms with van der Waals surface area (Å²) in [4.78, 5) is 0. The Morgan fingerprint density at radius 2 is 2.22 bits per heavy atom. The van der Waals surface area contributed by atoms with Crippen LogP contribution in [0.4, 0.5) is 0 Å². The summed E-state index contributed by atoms with van der Waals surface area (Å²) in [5.74, 6) is 1.62. The quantitative estimate of drug-likeness (QED) is 0.873. The number of hydrogen-bond donors (Lipinski definition) is 2. The third-order valence-electron chi connectivity index (χ3n) is 3.00. The number of aryl methyl sites for hydroxylation is 2. The molecule has 1 atom stereocenters. The molecule has 2 aromatic rings. The first-order valence-corrected chi connectivity index (χ1v) is 6.95. The predicted octanol–water partition coefficient (Wildman–Crippen LogP) is 2.96. The van der Waals surface area contributed by atoms with Crippen LogP contribution in [-0.2, 0) is 12.1 Å². The van der Waals surface area contributed by atoms with Gasteiger partial charge in [0.25, 0.3) is 0 Å². The average Bonchev–Trinajstić information content (AvgIpc) is 2.88. The van der Waals surface area contributed by atoms with Gasteiger partial charge in [0.1, 0.15) is 17.1 Å². The van der Waals surface area contributed by atoms with Crippen molar-refractivity contribution in [1.29, 1.82) is 0 Å². The highest BCUT2D eigenvalue weighted by Gasteiger charge is 2.27. The van der Waals surface area contributed by atoms with E-state index in [1.165, 1.54) is 5.56 Å². The van der Waals surface area contributed by atoms with Gasteiger partial charge in [-0.1, -0.05) is 0 Å². The lowest BCUT2D eigenvalue weighted by atomic mass is 9.96. The van der Waals surface area contributed by atoms with Crippen molar-refractivity contribution in [2.24, 2.45) is 0 Å². The van der Waals surface area contributed by atoms with E-state index in [0.717, 1.165) is 23.6 Å². The molecule has 0 aliphatic heterocycles. The zero-order chi connectivity index (χ0) is 13.2. The number of aliphatic hydroxyl groups is 1. The van der Waals surface area contributed by atoms with Gasteiger partial charge in [-0.25, -0.2) is 0 Å². The molecule has 0 amide bonds. The topological polar surface area (TPSA) is 45.4 Å². The number of hydrogen-bond acceptors (Lipinski definition) is 4. The molecule has 0 aliphatic rings. The van der Waals surface area contributed by atoms with E-state index >= 15 is 0 Å². The van der Waals surface area contributed by atoms with Crippen molar-refractivity contribution in [3.05, 3.63) is 45.5 Å². The van der Waals surface area contributed by atoms with E-state index in [1.54, 1.807) is 11.3 Å². The predicted molar refractivity (Wildman–Crippen MR) is 73.8 cm³/mol. The molecule has 0 radical (unpaired) electrons. The highest BCUT2D eigenvalue weighted by Crippen LogP contribution is 2.26. The zero-order valence-corrected chi connectivity index (χ0v) is 11.8. The third-order valence-corrected chi connectivity index (χ3v) is 3.73. The molecule has 2 heterocycles. The van der Waals surface area contributed by atoms with Gasteiger partial charge >= 0.3 is 0 Å². The van der Waals surface area contributed by atoms with E-state index < -0.39 is 5.60 Å². The largest absolute Gasteiger partial charge is 0.466 e. The minimum atomic E-state index is -0.905. The Balaban J connectivity index is 1.97. The van der Waals surface area contributed by atoms with E-state index in [2.05, 4.69) is 22.1 Å². The van der Waals surface area contributed by atoms with Crippen molar-refractivity contribution >= 4 is 11.3 Å². The van der Waals surface area contributed by atoms with E-state index in [-0.39, 0.29) is 0 Å². The van der Waals surface area contributed by atoms with Gasteiger partial charge in [0.2, 0.25) is 0 Å². The van der Waals surface area contributed by atoms with Crippen molar-refractivity contribution in [3.63, 3.8) is 0 Å². The normalized spacial score (nSPS) is 14.7. The highest BCUT2D eigenvalue weighted by atomic mass is 32.1. The molecule has 0 aromatic carbocycles. The van der Waals surface area contributed by atoms with Crippen molar-refractivity contribution < 1.29 is 9.52 Å². The smallest absolute Gasteiger partial charge is 0.107 e. The lowest BCUT2D eigenvalue weighted by Crippen LogP contribution is -2.35. The number of nitrogens with one attached hydrogen (secondary N) is 1. The molecule has 2 N–H and O–H groups in total. The second-order valence-electron chi connectivity index (χ2n) is 4.84. The van der Waals surface area contributed by atoms with Gasteiger partial charge in [-0.15, -0.1) is 0 Å². The summed E-state index contributed by atoms with van der Waals surface area (Å²) in [6.45, 7) is 6.87. The first-order chi connectivity index (χ1) is 8.49. The fourth-order valence-electron chi connectivity index (χ4n) is 2.10. The molecular formula is C14H19NO2S. The standard InChI is InChI=1S/C14H19NO2S/c1-10-6-13(11(2)17-10)14(3,16)9-15-7-12-4-5-18-8-12/h4-6,8,15-16H,7,9H2,1-3H3. The Hall–Kier alpha value is -1.10. The van der Waals surface area contributed by atoms with Gasteiger partial charge in [0.15, 0.2) is 0 Å². The first-order valence-electron chi connectivity index (χ1n) is 6.01. The van der Waals surface area contributed by atoms with Crippen LogP contribution in [0.2, 0.25) is 0 Å². The fraction of sp³-hybridized carbons (Fsp3) is 0.429. The van der Waals surface area contributed by atoms with Crippen molar-refractivity contribution in [1.82, 2.24) is 5.32 Å². The van der Waals surface area contributed by atoms with Crippen LogP contribution in [-0.4, -0.2) is 11.7 Å². The molecule has 0 aliphatic carbocycles. The maximum Gasteiger partial charge on any atom is 0.107 e. The van der Waals surface area contributed by atoms with E-state index in [1.807, 2.05) is 26.8 Å². The molecule has 2 aromatic heterocycles. The molecule has 0 saturated carbocycles. The van der Waals surface area contributed by atoms with Crippen molar-refractivity contribution in [2.75, 3.05) is 6.54 Å². The Labute approximate surface area is 111 Å². The monoisotopic (exact) mass is 265 g/mol. The Morgan fingerprint density at radius 3 is 2.78 bits per heavy atom. The molecule has 18 heavy (non-hydrogen) atoms. The minimum Gasteiger partial charge on any atom is -0.466 e. The molecule has 2 rings (SSSR count). The van der Waals surface area contributed by atoms with Gasteiger partial charge in [-0.05, 0) is 49.2 Å². The van der Waals surface area contributed by atoms with E-state index in [9.17, 15) is 5.11 Å². The summed E-state index contributed by atoms with van der Waals surface area (Å²) < 4.78 is 5.47. The summed E-state index contributed by atoms with van der Waals surface area (Å²) in [6.07, 6.45) is 0. The fourth-order valence-corrected chi connectivity index (χ4v) is 2.77. The molecule has 3 nitrogen and oxygen atoms in total. The van der Waals surface area contributed by atoms with Gasteiger partial charge < -0.3 is 14.8 Å². The summed E-state index contributed by atoms with van der Waals surface area (Å²) >= 11 is 1.68. The lowest BCUT2D eigenvalue weighted by molar-refractivity contribution is 0.0552. The third kappa shape index (κ3) is 3.02. The molecular weight excluding hydrogens is 246 g/mol. The lowest BCUT2D eigenvalue weighted by Gasteiger charge is -2.23. The van der Waals surface area contributed by atoms with Crippen LogP contribution in [0.5, 0.6) is 0 Å². The van der Waals surface area contributed by atoms with Crippen molar-refractivity contribution in [2.45, 2.75) is 32.9 Å². The summed E-state index contributed by atoms with van der Waals surface area (Å²) in [7, 11) is 0. The van der Waals surface area contributed by atoms with Crippen LogP contribution in [0.25, 0.3) is 0 Å². The van der Waals surface area contributed by atoms with Crippen LogP contribution in [0.15, 0.2) is 27.3 Å². The second kappa shape index (κ2) is 5.26. The van der Waals surface area contributed by atoms with Gasteiger partial charge in [0, 0.05) is 18.7 Å². The molecule has 4 heteroatoms. The van der Waals surface area contributed by atoms with Crippen LogP contribution in [0.3, 0.4) is 0 Å². The Bertz CT molecular complexity index is 500. The molecule has 0 spiro atoms. The SMILES string of the molecule is Cc1cc(C(C)(O)CNCc2ccsc2)c(C)o1. The number of furan rings is 1.